The monoisotopic (exact) mass is 246 g/mol. The third-order valence-electron chi connectivity index (χ3n) is 1.59. The molecule has 0 saturated heterocycles. The van der Waals surface area contributed by atoms with Gasteiger partial charge in [-0.2, -0.15) is 0 Å². The fourth-order valence-corrected chi connectivity index (χ4v) is 1.64. The molecule has 0 fully saturated rings. The van der Waals surface area contributed by atoms with Crippen LogP contribution in [-0.4, -0.2) is 22.6 Å². The second kappa shape index (κ2) is 5.12. The van der Waals surface area contributed by atoms with Gasteiger partial charge in [0, 0.05) is 0 Å². The van der Waals surface area contributed by atoms with Gasteiger partial charge in [-0.05, 0) is 31.2 Å². The van der Waals surface area contributed by atoms with Crippen LogP contribution in [0.5, 0.6) is 5.75 Å². The fourth-order valence-electron chi connectivity index (χ4n) is 0.944. The summed E-state index contributed by atoms with van der Waals surface area (Å²) in [4.78, 5) is 20.4. The molecule has 1 aromatic carbocycles. The third kappa shape index (κ3) is 3.66. The maximum absolute atomic E-state index is 11.3. The average Bonchev–Trinajstić information content (AvgIpc) is 2.17. The van der Waals surface area contributed by atoms with Gasteiger partial charge in [-0.1, -0.05) is 0 Å². The first-order valence-electron chi connectivity index (χ1n) is 4.45. The van der Waals surface area contributed by atoms with E-state index in [2.05, 4.69) is 9.05 Å². The van der Waals surface area contributed by atoms with Gasteiger partial charge in [0.25, 0.3) is 0 Å². The highest BCUT2D eigenvalue weighted by Crippen LogP contribution is 2.43. The maximum Gasteiger partial charge on any atom is 0.529 e. The van der Waals surface area contributed by atoms with E-state index in [9.17, 15) is 9.36 Å². The number of carbonyl (C=O) groups excluding carboxylic acids is 1. The predicted octanol–water partition coefficient (Wildman–Crippen LogP) is 1.69. The quantitative estimate of drug-likeness (QED) is 0.785. The number of phosphoric ester groups is 1. The molecular weight excluding hydrogens is 235 g/mol. The third-order valence-corrected chi connectivity index (χ3v) is 2.57. The van der Waals surface area contributed by atoms with Crippen molar-refractivity contribution < 1.29 is 28.4 Å². The fraction of sp³-hybridized carbons (Fsp3) is 0.222. The van der Waals surface area contributed by atoms with Crippen molar-refractivity contribution in [2.24, 2.45) is 0 Å². The Hall–Kier alpha value is -1.36. The predicted molar refractivity (Wildman–Crippen MR) is 55.0 cm³/mol. The number of carbonyl (C=O) groups is 1. The van der Waals surface area contributed by atoms with Crippen LogP contribution in [0, 0.1) is 0 Å². The minimum atomic E-state index is -4.34. The highest BCUT2D eigenvalue weighted by molar-refractivity contribution is 7.48. The molecule has 0 bridgehead atoms. The zero-order chi connectivity index (χ0) is 12.2. The van der Waals surface area contributed by atoms with E-state index in [4.69, 9.17) is 10.00 Å². The van der Waals surface area contributed by atoms with E-state index in [0.29, 0.717) is 0 Å². The number of phenols is 1. The van der Waals surface area contributed by atoms with Crippen LogP contribution in [0.1, 0.15) is 17.3 Å². The number of hydrogen-bond acceptors (Lipinski definition) is 5. The summed E-state index contributed by atoms with van der Waals surface area (Å²) >= 11 is 0. The first kappa shape index (κ1) is 12.7. The zero-order valence-electron chi connectivity index (χ0n) is 8.49. The molecule has 1 aromatic rings. The minimum Gasteiger partial charge on any atom is -0.508 e. The Labute approximate surface area is 92.1 Å². The van der Waals surface area contributed by atoms with Crippen molar-refractivity contribution >= 4 is 13.8 Å². The molecule has 6 nitrogen and oxygen atoms in total. The minimum absolute atomic E-state index is 0.0199. The summed E-state index contributed by atoms with van der Waals surface area (Å²) in [7, 11) is -4.34. The van der Waals surface area contributed by atoms with E-state index >= 15 is 0 Å². The Kier molecular flexibility index (Phi) is 4.06. The van der Waals surface area contributed by atoms with Gasteiger partial charge < -0.3 is 9.63 Å². The summed E-state index contributed by atoms with van der Waals surface area (Å²) in [5.74, 6) is -1.01. The summed E-state index contributed by atoms with van der Waals surface area (Å²) in [6, 6.07) is 5.06. The van der Waals surface area contributed by atoms with Gasteiger partial charge >= 0.3 is 13.8 Å². The largest absolute Gasteiger partial charge is 0.529 e. The van der Waals surface area contributed by atoms with Gasteiger partial charge in [-0.3, -0.25) is 9.42 Å². The Bertz CT molecular complexity index is 413. The van der Waals surface area contributed by atoms with E-state index in [0.717, 1.165) is 0 Å². The van der Waals surface area contributed by atoms with Crippen molar-refractivity contribution in [3.63, 3.8) is 0 Å². The van der Waals surface area contributed by atoms with Crippen LogP contribution in [0.4, 0.5) is 0 Å². The number of rotatable bonds is 4. The molecule has 0 saturated carbocycles. The number of phosphoric acid groups is 1. The van der Waals surface area contributed by atoms with Crippen LogP contribution >= 0.6 is 7.82 Å². The van der Waals surface area contributed by atoms with Crippen LogP contribution in [0.25, 0.3) is 0 Å². The summed E-state index contributed by atoms with van der Waals surface area (Å²) in [6.07, 6.45) is 0. The lowest BCUT2D eigenvalue weighted by atomic mass is 10.2. The summed E-state index contributed by atoms with van der Waals surface area (Å²) in [5, 5.41) is 8.97. The van der Waals surface area contributed by atoms with Gasteiger partial charge in [-0.15, -0.1) is 0 Å². The molecule has 1 unspecified atom stereocenters. The maximum atomic E-state index is 11.3. The molecule has 2 N–H and O–H groups in total. The van der Waals surface area contributed by atoms with E-state index in [1.165, 1.54) is 31.2 Å². The summed E-state index contributed by atoms with van der Waals surface area (Å²) < 4.78 is 19.7. The van der Waals surface area contributed by atoms with Crippen LogP contribution < -0.4 is 0 Å². The lowest BCUT2D eigenvalue weighted by Gasteiger charge is -2.10. The normalized spacial score (nSPS) is 14.1. The highest BCUT2D eigenvalue weighted by Gasteiger charge is 2.26. The Morgan fingerprint density at radius 2 is 1.94 bits per heavy atom. The van der Waals surface area contributed by atoms with E-state index in [1.54, 1.807) is 0 Å². The molecule has 0 aliphatic carbocycles. The second-order valence-electron chi connectivity index (χ2n) is 2.81. The molecule has 0 spiro atoms. The first-order chi connectivity index (χ1) is 7.44. The molecule has 16 heavy (non-hydrogen) atoms. The smallest absolute Gasteiger partial charge is 0.508 e. The zero-order valence-corrected chi connectivity index (χ0v) is 9.39. The summed E-state index contributed by atoms with van der Waals surface area (Å²) in [6.45, 7) is 1.45. The standard InChI is InChI=1S/C9H11O6P/c1-2-14-16(12,13)15-9(11)7-3-5-8(10)6-4-7/h3-6,10H,2H2,1H3,(H,12,13). The van der Waals surface area contributed by atoms with Crippen molar-refractivity contribution in [2.45, 2.75) is 6.92 Å². The van der Waals surface area contributed by atoms with E-state index < -0.39 is 13.8 Å². The second-order valence-corrected chi connectivity index (χ2v) is 4.19. The lowest BCUT2D eigenvalue weighted by Crippen LogP contribution is -2.04. The average molecular weight is 246 g/mol. The number of benzene rings is 1. The summed E-state index contributed by atoms with van der Waals surface area (Å²) in [5.41, 5.74) is 0.0479. The first-order valence-corrected chi connectivity index (χ1v) is 5.94. The van der Waals surface area contributed by atoms with Crippen LogP contribution in [0.15, 0.2) is 24.3 Å². The topological polar surface area (TPSA) is 93.1 Å². The Morgan fingerprint density at radius 3 is 2.44 bits per heavy atom. The highest BCUT2D eigenvalue weighted by atomic mass is 31.2. The number of aromatic hydroxyl groups is 1. The molecular formula is C9H11O6P. The molecule has 0 aliphatic heterocycles. The van der Waals surface area contributed by atoms with Crippen LogP contribution in [0.3, 0.4) is 0 Å². The van der Waals surface area contributed by atoms with Gasteiger partial charge in [-0.25, -0.2) is 9.36 Å². The molecule has 0 aromatic heterocycles. The number of phenolic OH excluding ortho intramolecular Hbond substituents is 1. The lowest BCUT2D eigenvalue weighted by molar-refractivity contribution is 0.0647. The van der Waals surface area contributed by atoms with Crippen molar-refractivity contribution in [3.05, 3.63) is 29.8 Å². The van der Waals surface area contributed by atoms with Crippen LogP contribution in [0.2, 0.25) is 0 Å². The molecule has 1 rings (SSSR count). The molecule has 0 aliphatic rings. The molecule has 0 heterocycles. The van der Waals surface area contributed by atoms with E-state index in [1.807, 2.05) is 0 Å². The van der Waals surface area contributed by atoms with Gasteiger partial charge in [0.05, 0.1) is 12.2 Å². The molecule has 0 amide bonds. The van der Waals surface area contributed by atoms with Crippen molar-refractivity contribution in [2.75, 3.05) is 6.61 Å². The van der Waals surface area contributed by atoms with Crippen molar-refractivity contribution in [3.8, 4) is 5.75 Å². The van der Waals surface area contributed by atoms with E-state index in [-0.39, 0.29) is 17.9 Å². The van der Waals surface area contributed by atoms with Gasteiger partial charge in [0.1, 0.15) is 5.75 Å². The molecule has 88 valence electrons. The molecule has 7 heteroatoms. The Morgan fingerprint density at radius 1 is 1.38 bits per heavy atom. The molecule has 1 atom stereocenters. The van der Waals surface area contributed by atoms with Gasteiger partial charge in [0.2, 0.25) is 0 Å². The molecule has 0 radical (unpaired) electrons. The number of hydrogen-bond donors (Lipinski definition) is 2. The van der Waals surface area contributed by atoms with Crippen LogP contribution in [-0.2, 0) is 13.6 Å². The van der Waals surface area contributed by atoms with Gasteiger partial charge in [0.15, 0.2) is 0 Å². The SMILES string of the molecule is CCOP(=O)(O)OC(=O)c1ccc(O)cc1. The Balaban J connectivity index is 2.73. The van der Waals surface area contributed by atoms with Crippen molar-refractivity contribution in [1.29, 1.82) is 0 Å². The van der Waals surface area contributed by atoms with Crippen molar-refractivity contribution in [1.82, 2.24) is 0 Å².